The number of likely N-dealkylation sites (N-methyl/N-ethyl adjacent to an activating group) is 1. The zero-order chi connectivity index (χ0) is 19.4. The smallest absolute Gasteiger partial charge is 0.165 e. The third-order valence-corrected chi connectivity index (χ3v) is 5.74. The molecule has 4 aliphatic rings. The molecule has 1 N–H and O–H groups in total. The van der Waals surface area contributed by atoms with E-state index in [4.69, 9.17) is 15.0 Å². The summed E-state index contributed by atoms with van der Waals surface area (Å²) in [5.74, 6) is -0.922. The van der Waals surface area contributed by atoms with Crippen molar-refractivity contribution in [1.29, 1.82) is 0 Å². The van der Waals surface area contributed by atoms with Crippen LogP contribution in [0.25, 0.3) is 0 Å². The zero-order valence-corrected chi connectivity index (χ0v) is 12.3. The molecule has 4 heteroatoms. The van der Waals surface area contributed by atoms with Gasteiger partial charge in [0, 0.05) is 24.3 Å². The van der Waals surface area contributed by atoms with Gasteiger partial charge in [-0.3, -0.25) is 0 Å². The Morgan fingerprint density at radius 3 is 3.27 bits per heavy atom. The molecule has 5 atom stereocenters. The molecule has 2 heterocycles. The highest BCUT2D eigenvalue weighted by molar-refractivity contribution is 5.62. The number of methoxy groups -OCH3 is 1. The lowest BCUT2D eigenvalue weighted by Gasteiger charge is -2.56. The summed E-state index contributed by atoms with van der Waals surface area (Å²) in [7, 11) is -0.681. The van der Waals surface area contributed by atoms with Crippen LogP contribution in [0.1, 0.15) is 24.4 Å². The topological polar surface area (TPSA) is 41.9 Å². The van der Waals surface area contributed by atoms with Crippen molar-refractivity contribution >= 4 is 0 Å². The molecule has 2 bridgehead atoms. The highest BCUT2D eigenvalue weighted by atomic mass is 16.5. The van der Waals surface area contributed by atoms with Crippen LogP contribution in [0.5, 0.6) is 11.5 Å². The molecule has 4 nitrogen and oxygen atoms in total. The molecule has 22 heavy (non-hydrogen) atoms. The first-order valence-electron chi connectivity index (χ1n) is 10.2. The summed E-state index contributed by atoms with van der Waals surface area (Å²) in [6, 6.07) is 3.22. The minimum atomic E-state index is -2.66. The van der Waals surface area contributed by atoms with Crippen LogP contribution < -0.4 is 9.47 Å². The predicted octanol–water partition coefficient (Wildman–Crippen LogP) is 1.50. The van der Waals surface area contributed by atoms with Gasteiger partial charge in [0.15, 0.2) is 11.5 Å². The van der Waals surface area contributed by atoms with Crippen LogP contribution in [0.4, 0.5) is 0 Å². The molecule has 1 aromatic rings. The molecule has 1 fully saturated rings. The monoisotopic (exact) mass is 304 g/mol. The lowest BCUT2D eigenvalue weighted by Crippen LogP contribution is -2.64. The summed E-state index contributed by atoms with van der Waals surface area (Å²) in [6.45, 7) is 0.666. The van der Waals surface area contributed by atoms with E-state index in [0.717, 1.165) is 5.56 Å². The second-order valence-corrected chi connectivity index (χ2v) is 6.61. The van der Waals surface area contributed by atoms with Crippen molar-refractivity contribution in [2.45, 2.75) is 36.5 Å². The van der Waals surface area contributed by atoms with Gasteiger partial charge in [0.05, 0.1) is 12.5 Å². The molecule has 2 aliphatic heterocycles. The summed E-state index contributed by atoms with van der Waals surface area (Å²) in [6.07, 6.45) is 1.23. The molecular weight excluding hydrogens is 278 g/mol. The second-order valence-electron chi connectivity index (χ2n) is 6.61. The Morgan fingerprint density at radius 2 is 2.41 bits per heavy atom. The molecule has 1 aromatic carbocycles. The Morgan fingerprint density at radius 1 is 1.50 bits per heavy atom. The molecule has 0 radical (unpaired) electrons. The van der Waals surface area contributed by atoms with Crippen molar-refractivity contribution in [1.82, 2.24) is 4.90 Å². The molecule has 0 amide bonds. The minimum absolute atomic E-state index is 0.0380. The molecule has 5 rings (SSSR count). The highest BCUT2D eigenvalue weighted by Crippen LogP contribution is 2.62. The fourth-order valence-corrected chi connectivity index (χ4v) is 4.77. The van der Waals surface area contributed by atoms with E-state index in [2.05, 4.69) is 4.90 Å². The lowest BCUT2D eigenvalue weighted by atomic mass is 9.53. The van der Waals surface area contributed by atoms with Gasteiger partial charge in [-0.25, -0.2) is 0 Å². The molecule has 2 aliphatic carbocycles. The average molecular weight is 304 g/mol. The fourth-order valence-electron chi connectivity index (χ4n) is 4.77. The fraction of sp³-hybridized carbons (Fsp3) is 0.556. The van der Waals surface area contributed by atoms with Gasteiger partial charge in [0.1, 0.15) is 12.2 Å². The summed E-state index contributed by atoms with van der Waals surface area (Å²) in [4.78, 5) is 2.13. The van der Waals surface area contributed by atoms with Crippen molar-refractivity contribution in [3.63, 3.8) is 0 Å². The summed E-state index contributed by atoms with van der Waals surface area (Å²) >= 11 is 0. The molecule has 2 unspecified atom stereocenters. The van der Waals surface area contributed by atoms with E-state index in [1.54, 1.807) is 12.1 Å². The SMILES string of the molecule is [2H]C([2H])([2H])Oc1ccc2c3c1OC1([2H])C(O)C=C[C@@]4([2H])[C@@H](C2)N(C)CC[C@]314. The van der Waals surface area contributed by atoms with Crippen LogP contribution in [0.3, 0.4) is 0 Å². The number of aliphatic hydroxyl groups is 1. The highest BCUT2D eigenvalue weighted by Gasteiger charge is 2.64. The van der Waals surface area contributed by atoms with E-state index in [0.29, 0.717) is 24.9 Å². The number of rotatable bonds is 1. The number of ether oxygens (including phenoxy) is 2. The Hall–Kier alpha value is -1.52. The summed E-state index contributed by atoms with van der Waals surface area (Å²) < 4.78 is 52.0. The number of aliphatic hydroxyl groups excluding tert-OH is 1. The van der Waals surface area contributed by atoms with Gasteiger partial charge in [-0.05, 0) is 38.1 Å². The molecule has 0 saturated carbocycles. The Balaban J connectivity index is 1.82. The third-order valence-electron chi connectivity index (χ3n) is 5.74. The second kappa shape index (κ2) is 4.06. The Bertz CT molecular complexity index is 873. The molecular formula is C18H21NO3. The Labute approximate surface area is 137 Å². The van der Waals surface area contributed by atoms with Crippen LogP contribution in [-0.2, 0) is 11.8 Å². The van der Waals surface area contributed by atoms with E-state index in [1.165, 1.54) is 6.08 Å². The van der Waals surface area contributed by atoms with Crippen LogP contribution in [0.15, 0.2) is 24.3 Å². The van der Waals surface area contributed by atoms with Gasteiger partial charge < -0.3 is 19.5 Å². The van der Waals surface area contributed by atoms with Gasteiger partial charge in [0.2, 0.25) is 0 Å². The van der Waals surface area contributed by atoms with Gasteiger partial charge >= 0.3 is 0 Å². The first-order valence-corrected chi connectivity index (χ1v) is 7.66. The number of benzene rings is 1. The number of likely N-dealkylation sites (tertiary alicyclic amines) is 1. The van der Waals surface area contributed by atoms with Crippen LogP contribution in [0.2, 0.25) is 0 Å². The minimum Gasteiger partial charge on any atom is -0.493 e. The molecule has 1 spiro atoms. The quantitative estimate of drug-likeness (QED) is 0.799. The average Bonchev–Trinajstić information content (AvgIpc) is 2.85. The van der Waals surface area contributed by atoms with Crippen molar-refractivity contribution in [2.75, 3.05) is 20.6 Å². The van der Waals surface area contributed by atoms with E-state index >= 15 is 0 Å². The van der Waals surface area contributed by atoms with Crippen LogP contribution >= 0.6 is 0 Å². The summed E-state index contributed by atoms with van der Waals surface area (Å²) in [5.41, 5.74) is 0.517. The molecule has 116 valence electrons. The predicted molar refractivity (Wildman–Crippen MR) is 82.5 cm³/mol. The van der Waals surface area contributed by atoms with Gasteiger partial charge in [0.25, 0.3) is 0 Å². The third kappa shape index (κ3) is 1.28. The van der Waals surface area contributed by atoms with E-state index in [-0.39, 0.29) is 17.5 Å². The molecule has 0 aromatic heterocycles. The maximum absolute atomic E-state index is 10.7. The maximum atomic E-state index is 10.7. The number of piperidine rings is 1. The first kappa shape index (κ1) is 8.94. The lowest BCUT2D eigenvalue weighted by molar-refractivity contribution is -0.0453. The van der Waals surface area contributed by atoms with Crippen molar-refractivity contribution in [3.8, 4) is 11.5 Å². The normalized spacial score (nSPS) is 51.6. The zero-order valence-electron chi connectivity index (χ0n) is 17.3. The van der Waals surface area contributed by atoms with Crippen LogP contribution in [0, 0.1) is 5.89 Å². The number of nitrogens with zero attached hydrogens (tertiary/aromatic N) is 1. The summed E-state index contributed by atoms with van der Waals surface area (Å²) in [5, 5.41) is 10.7. The van der Waals surface area contributed by atoms with Crippen molar-refractivity contribution < 1.29 is 21.4 Å². The van der Waals surface area contributed by atoms with Gasteiger partial charge in [-0.1, -0.05) is 18.2 Å². The van der Waals surface area contributed by atoms with E-state index < -0.39 is 30.5 Å². The number of hydrogen-bond donors (Lipinski definition) is 1. The van der Waals surface area contributed by atoms with Crippen molar-refractivity contribution in [3.05, 3.63) is 35.4 Å². The van der Waals surface area contributed by atoms with Crippen LogP contribution in [-0.4, -0.2) is 48.9 Å². The van der Waals surface area contributed by atoms with Gasteiger partial charge in [-0.15, -0.1) is 0 Å². The number of hydrogen-bond acceptors (Lipinski definition) is 4. The Kier molecular flexibility index (Phi) is 1.65. The van der Waals surface area contributed by atoms with Crippen molar-refractivity contribution in [2.24, 2.45) is 5.89 Å². The van der Waals surface area contributed by atoms with E-state index in [1.807, 2.05) is 13.1 Å². The molecule has 1 saturated heterocycles. The van der Waals surface area contributed by atoms with Gasteiger partial charge in [-0.2, -0.15) is 0 Å². The first-order chi connectivity index (χ1) is 12.5. The van der Waals surface area contributed by atoms with E-state index in [9.17, 15) is 6.48 Å². The maximum Gasteiger partial charge on any atom is 0.165 e. The largest absolute Gasteiger partial charge is 0.493 e. The standard InChI is InChI=1S/C18H21NO3/c1-19-8-7-18-11-4-5-13(20)17(18)22-16-14(21-2)6-3-10(15(16)18)9-12(11)19/h3-6,11-13,17,20H,7-9H2,1-2H3/t11-,12+,13?,17?,18-/m0/s1/i2D3,11D,17D.